The third-order valence-electron chi connectivity index (χ3n) is 2.69. The number of aliphatic hydroxyl groups is 1. The molecule has 0 amide bonds. The zero-order valence-corrected chi connectivity index (χ0v) is 11.4. The maximum Gasteiger partial charge on any atom is 0.1000 e. The summed E-state index contributed by atoms with van der Waals surface area (Å²) in [5.41, 5.74) is 2.68. The molecule has 0 bridgehead atoms. The van der Waals surface area contributed by atoms with E-state index in [2.05, 4.69) is 4.98 Å². The predicted octanol–water partition coefficient (Wildman–Crippen LogP) is 3.97. The van der Waals surface area contributed by atoms with E-state index in [-0.39, 0.29) is 0 Å². The van der Waals surface area contributed by atoms with E-state index >= 15 is 0 Å². The van der Waals surface area contributed by atoms with Gasteiger partial charge in [-0.3, -0.25) is 4.98 Å². The van der Waals surface area contributed by atoms with Crippen molar-refractivity contribution < 1.29 is 5.11 Å². The fourth-order valence-electron chi connectivity index (χ4n) is 1.74. The number of pyridine rings is 1. The zero-order chi connectivity index (χ0) is 13.1. The molecule has 1 aromatic carbocycles. The summed E-state index contributed by atoms with van der Waals surface area (Å²) >= 11 is 11.8. The number of hydrogen-bond donors (Lipinski definition) is 1. The minimum Gasteiger partial charge on any atom is -0.386 e. The van der Waals surface area contributed by atoms with Crippen molar-refractivity contribution in [2.45, 2.75) is 19.4 Å². The van der Waals surface area contributed by atoms with Crippen LogP contribution in [0, 0.1) is 6.92 Å². The smallest absolute Gasteiger partial charge is 0.1000 e. The van der Waals surface area contributed by atoms with Gasteiger partial charge in [0, 0.05) is 12.6 Å². The SMILES string of the molecule is Cc1ccnc(C(O)Cc2ccc(Cl)c(Cl)c2)c1. The van der Waals surface area contributed by atoms with Crippen molar-refractivity contribution in [1.29, 1.82) is 0 Å². The first-order chi connectivity index (χ1) is 8.56. The second-order valence-electron chi connectivity index (χ2n) is 4.23. The number of aryl methyl sites for hydroxylation is 1. The molecule has 0 aliphatic rings. The normalized spacial score (nSPS) is 12.4. The Labute approximate surface area is 116 Å². The minimum absolute atomic E-state index is 0.466. The van der Waals surface area contributed by atoms with E-state index in [1.54, 1.807) is 18.3 Å². The number of benzene rings is 1. The summed E-state index contributed by atoms with van der Waals surface area (Å²) in [4.78, 5) is 4.17. The highest BCUT2D eigenvalue weighted by Crippen LogP contribution is 2.25. The number of aliphatic hydroxyl groups excluding tert-OH is 1. The largest absolute Gasteiger partial charge is 0.386 e. The summed E-state index contributed by atoms with van der Waals surface area (Å²) < 4.78 is 0. The van der Waals surface area contributed by atoms with Gasteiger partial charge < -0.3 is 5.11 Å². The Bertz CT molecular complexity index is 557. The Morgan fingerprint density at radius 3 is 2.61 bits per heavy atom. The zero-order valence-electron chi connectivity index (χ0n) is 9.90. The summed E-state index contributed by atoms with van der Waals surface area (Å²) in [5.74, 6) is 0. The van der Waals surface area contributed by atoms with Crippen molar-refractivity contribution >= 4 is 23.2 Å². The molecule has 94 valence electrons. The van der Waals surface area contributed by atoms with Gasteiger partial charge >= 0.3 is 0 Å². The lowest BCUT2D eigenvalue weighted by molar-refractivity contribution is 0.173. The molecule has 1 atom stereocenters. The van der Waals surface area contributed by atoms with Gasteiger partial charge in [0.05, 0.1) is 21.8 Å². The molecule has 1 heterocycles. The standard InChI is InChI=1S/C14H13Cl2NO/c1-9-4-5-17-13(6-9)14(18)8-10-2-3-11(15)12(16)7-10/h2-7,14,18H,8H2,1H3. The van der Waals surface area contributed by atoms with Gasteiger partial charge in [0.1, 0.15) is 0 Å². The predicted molar refractivity (Wildman–Crippen MR) is 74.1 cm³/mol. The Morgan fingerprint density at radius 2 is 1.94 bits per heavy atom. The van der Waals surface area contributed by atoms with Gasteiger partial charge in [-0.05, 0) is 42.3 Å². The second-order valence-corrected chi connectivity index (χ2v) is 5.04. The van der Waals surface area contributed by atoms with Crippen LogP contribution in [0.15, 0.2) is 36.5 Å². The third-order valence-corrected chi connectivity index (χ3v) is 3.43. The molecule has 0 aliphatic heterocycles. The molecule has 0 radical (unpaired) electrons. The van der Waals surface area contributed by atoms with E-state index in [1.807, 2.05) is 25.1 Å². The van der Waals surface area contributed by atoms with Gasteiger partial charge in [-0.1, -0.05) is 29.3 Å². The van der Waals surface area contributed by atoms with Gasteiger partial charge in [-0.25, -0.2) is 0 Å². The van der Waals surface area contributed by atoms with Crippen LogP contribution in [0.25, 0.3) is 0 Å². The van der Waals surface area contributed by atoms with Gasteiger partial charge in [-0.15, -0.1) is 0 Å². The van der Waals surface area contributed by atoms with Gasteiger partial charge in [-0.2, -0.15) is 0 Å². The van der Waals surface area contributed by atoms with Crippen LogP contribution in [0.4, 0.5) is 0 Å². The quantitative estimate of drug-likeness (QED) is 0.923. The lowest BCUT2D eigenvalue weighted by Gasteiger charge is -2.11. The minimum atomic E-state index is -0.637. The van der Waals surface area contributed by atoms with Crippen molar-refractivity contribution in [2.75, 3.05) is 0 Å². The Morgan fingerprint density at radius 1 is 1.17 bits per heavy atom. The Hall–Kier alpha value is -1.09. The summed E-state index contributed by atoms with van der Waals surface area (Å²) in [6, 6.07) is 9.13. The molecule has 2 rings (SSSR count). The number of hydrogen-bond acceptors (Lipinski definition) is 2. The molecule has 0 saturated carbocycles. The highest BCUT2D eigenvalue weighted by atomic mass is 35.5. The molecular formula is C14H13Cl2NO. The fourth-order valence-corrected chi connectivity index (χ4v) is 2.06. The third kappa shape index (κ3) is 3.22. The first-order valence-corrected chi connectivity index (χ1v) is 6.36. The first-order valence-electron chi connectivity index (χ1n) is 5.61. The lowest BCUT2D eigenvalue weighted by Crippen LogP contribution is -2.04. The van der Waals surface area contributed by atoms with Crippen molar-refractivity contribution in [1.82, 2.24) is 4.98 Å². The Balaban J connectivity index is 2.16. The van der Waals surface area contributed by atoms with E-state index in [4.69, 9.17) is 23.2 Å². The van der Waals surface area contributed by atoms with E-state index in [0.717, 1.165) is 11.1 Å². The van der Waals surface area contributed by atoms with Crippen LogP contribution in [0.3, 0.4) is 0 Å². The van der Waals surface area contributed by atoms with Crippen LogP contribution in [0.2, 0.25) is 10.0 Å². The summed E-state index contributed by atoms with van der Waals surface area (Å²) in [6.45, 7) is 1.97. The summed E-state index contributed by atoms with van der Waals surface area (Å²) in [6.07, 6.45) is 1.53. The van der Waals surface area contributed by atoms with Crippen molar-refractivity contribution in [3.63, 3.8) is 0 Å². The van der Waals surface area contributed by atoms with E-state index in [0.29, 0.717) is 22.2 Å². The molecule has 0 aliphatic carbocycles. The van der Waals surface area contributed by atoms with Crippen LogP contribution in [0.1, 0.15) is 22.9 Å². The molecule has 0 saturated heterocycles. The summed E-state index contributed by atoms with van der Waals surface area (Å²) in [5, 5.41) is 11.1. The molecule has 18 heavy (non-hydrogen) atoms. The highest BCUT2D eigenvalue weighted by molar-refractivity contribution is 6.42. The molecule has 0 spiro atoms. The molecular weight excluding hydrogens is 269 g/mol. The molecule has 1 unspecified atom stereocenters. The average molecular weight is 282 g/mol. The number of halogens is 2. The van der Waals surface area contributed by atoms with Crippen molar-refractivity contribution in [3.05, 3.63) is 63.4 Å². The molecule has 4 heteroatoms. The highest BCUT2D eigenvalue weighted by Gasteiger charge is 2.11. The fraction of sp³-hybridized carbons (Fsp3) is 0.214. The van der Waals surface area contributed by atoms with Gasteiger partial charge in [0.25, 0.3) is 0 Å². The second kappa shape index (κ2) is 5.70. The maximum atomic E-state index is 10.1. The molecule has 0 fully saturated rings. The van der Waals surface area contributed by atoms with E-state index in [1.165, 1.54) is 0 Å². The van der Waals surface area contributed by atoms with Crippen molar-refractivity contribution in [2.24, 2.45) is 0 Å². The number of rotatable bonds is 3. The van der Waals surface area contributed by atoms with Crippen LogP contribution in [-0.2, 0) is 6.42 Å². The van der Waals surface area contributed by atoms with Crippen LogP contribution >= 0.6 is 23.2 Å². The molecule has 2 nitrogen and oxygen atoms in total. The van der Waals surface area contributed by atoms with E-state index < -0.39 is 6.10 Å². The number of aromatic nitrogens is 1. The van der Waals surface area contributed by atoms with E-state index in [9.17, 15) is 5.11 Å². The average Bonchev–Trinajstić information content (AvgIpc) is 2.34. The first kappa shape index (κ1) is 13.3. The number of nitrogens with zero attached hydrogens (tertiary/aromatic N) is 1. The van der Waals surface area contributed by atoms with Gasteiger partial charge in [0.2, 0.25) is 0 Å². The van der Waals surface area contributed by atoms with Crippen LogP contribution in [0.5, 0.6) is 0 Å². The molecule has 1 aromatic heterocycles. The van der Waals surface area contributed by atoms with Crippen LogP contribution in [-0.4, -0.2) is 10.1 Å². The maximum absolute atomic E-state index is 10.1. The monoisotopic (exact) mass is 281 g/mol. The molecule has 2 aromatic rings. The topological polar surface area (TPSA) is 33.1 Å². The molecule has 1 N–H and O–H groups in total. The van der Waals surface area contributed by atoms with Gasteiger partial charge in [0.15, 0.2) is 0 Å². The van der Waals surface area contributed by atoms with Crippen LogP contribution < -0.4 is 0 Å². The summed E-state index contributed by atoms with van der Waals surface area (Å²) in [7, 11) is 0. The lowest BCUT2D eigenvalue weighted by atomic mass is 10.0. The van der Waals surface area contributed by atoms with Crippen molar-refractivity contribution in [3.8, 4) is 0 Å². The Kier molecular flexibility index (Phi) is 4.23.